The van der Waals surface area contributed by atoms with Crippen LogP contribution in [0, 0.1) is 0 Å². The number of hydrogen-bond acceptors (Lipinski definition) is 5. The van der Waals surface area contributed by atoms with Crippen molar-refractivity contribution < 1.29 is 23.8 Å². The van der Waals surface area contributed by atoms with Crippen LogP contribution in [0.3, 0.4) is 0 Å². The lowest BCUT2D eigenvalue weighted by Crippen LogP contribution is -2.47. The molecule has 1 aromatic carbocycles. The highest BCUT2D eigenvalue weighted by molar-refractivity contribution is 6.32. The van der Waals surface area contributed by atoms with Crippen LogP contribution in [0.1, 0.15) is 17.3 Å². The molecule has 0 unspecified atom stereocenters. The molecule has 2 amide bonds. The molecule has 2 N–H and O–H groups in total. The van der Waals surface area contributed by atoms with Crippen molar-refractivity contribution in [1.29, 1.82) is 0 Å². The minimum absolute atomic E-state index is 0.0215. The number of methoxy groups -OCH3 is 1. The number of carbonyl (C=O) groups is 2. The molecule has 8 heteroatoms. The molecule has 1 aliphatic heterocycles. The quantitative estimate of drug-likeness (QED) is 0.864. The second-order valence-electron chi connectivity index (χ2n) is 5.17. The Bertz CT molecular complexity index is 608. The van der Waals surface area contributed by atoms with E-state index in [0.29, 0.717) is 25.3 Å². The van der Waals surface area contributed by atoms with Crippen LogP contribution in [0.25, 0.3) is 0 Å². The van der Waals surface area contributed by atoms with E-state index >= 15 is 0 Å². The van der Waals surface area contributed by atoms with E-state index in [1.54, 1.807) is 4.90 Å². The Kier molecular flexibility index (Phi) is 5.68. The van der Waals surface area contributed by atoms with Gasteiger partial charge in [-0.15, -0.1) is 0 Å². The summed E-state index contributed by atoms with van der Waals surface area (Å²) >= 11 is 6.16. The number of benzene rings is 1. The number of ether oxygens (including phenoxy) is 3. The van der Waals surface area contributed by atoms with Crippen LogP contribution < -0.4 is 15.2 Å². The van der Waals surface area contributed by atoms with Crippen LogP contribution in [0.15, 0.2) is 12.1 Å². The van der Waals surface area contributed by atoms with E-state index in [9.17, 15) is 9.59 Å². The molecule has 2 rings (SSSR count). The van der Waals surface area contributed by atoms with Crippen LogP contribution >= 0.6 is 11.6 Å². The highest BCUT2D eigenvalue weighted by Gasteiger charge is 2.26. The number of morpholine rings is 1. The minimum atomic E-state index is -0.634. The lowest BCUT2D eigenvalue weighted by molar-refractivity contribution is -0.119. The van der Waals surface area contributed by atoms with E-state index in [0.717, 1.165) is 0 Å². The normalized spacial score (nSPS) is 17.7. The molecule has 1 saturated heterocycles. The Morgan fingerprint density at radius 2 is 2.22 bits per heavy atom. The maximum Gasteiger partial charge on any atom is 0.255 e. The zero-order chi connectivity index (χ0) is 17.0. The molecule has 0 aliphatic carbocycles. The number of carbonyl (C=O) groups excluding carboxylic acids is 2. The first kappa shape index (κ1) is 17.4. The van der Waals surface area contributed by atoms with Gasteiger partial charge in [-0.1, -0.05) is 11.6 Å². The molecule has 23 heavy (non-hydrogen) atoms. The van der Waals surface area contributed by atoms with E-state index in [1.807, 2.05) is 6.92 Å². The topological polar surface area (TPSA) is 91.1 Å². The molecular formula is C15H19ClN2O5. The lowest BCUT2D eigenvalue weighted by atomic mass is 10.1. The molecule has 1 heterocycles. The second-order valence-corrected chi connectivity index (χ2v) is 5.57. The first-order chi connectivity index (χ1) is 10.9. The van der Waals surface area contributed by atoms with E-state index in [-0.39, 0.29) is 35.1 Å². The van der Waals surface area contributed by atoms with Crippen LogP contribution in [-0.2, 0) is 9.53 Å². The summed E-state index contributed by atoms with van der Waals surface area (Å²) in [7, 11) is 1.43. The fraction of sp³-hybridized carbons (Fsp3) is 0.467. The maximum atomic E-state index is 12.6. The van der Waals surface area contributed by atoms with Crippen molar-refractivity contribution in [2.75, 3.05) is 33.5 Å². The minimum Gasteiger partial charge on any atom is -0.493 e. The smallest absolute Gasteiger partial charge is 0.255 e. The summed E-state index contributed by atoms with van der Waals surface area (Å²) in [5.74, 6) is -0.351. The van der Waals surface area contributed by atoms with Crippen molar-refractivity contribution in [1.82, 2.24) is 4.90 Å². The lowest BCUT2D eigenvalue weighted by Gasteiger charge is -2.33. The second kappa shape index (κ2) is 7.52. The van der Waals surface area contributed by atoms with Crippen molar-refractivity contribution >= 4 is 23.4 Å². The Balaban J connectivity index is 2.27. The summed E-state index contributed by atoms with van der Waals surface area (Å²) in [5, 5.41) is 0.176. The Morgan fingerprint density at radius 3 is 2.83 bits per heavy atom. The monoisotopic (exact) mass is 342 g/mol. The molecular weight excluding hydrogens is 324 g/mol. The highest BCUT2D eigenvalue weighted by Crippen LogP contribution is 2.36. The summed E-state index contributed by atoms with van der Waals surface area (Å²) in [4.78, 5) is 25.2. The first-order valence-electron chi connectivity index (χ1n) is 7.11. The van der Waals surface area contributed by atoms with Gasteiger partial charge in [0.2, 0.25) is 0 Å². The van der Waals surface area contributed by atoms with Crippen molar-refractivity contribution in [2.24, 2.45) is 5.73 Å². The van der Waals surface area contributed by atoms with Crippen LogP contribution in [0.2, 0.25) is 5.02 Å². The first-order valence-corrected chi connectivity index (χ1v) is 7.49. The van der Waals surface area contributed by atoms with E-state index in [1.165, 1.54) is 19.2 Å². The Hall–Kier alpha value is -1.99. The van der Waals surface area contributed by atoms with Gasteiger partial charge < -0.3 is 24.8 Å². The van der Waals surface area contributed by atoms with Gasteiger partial charge in [0.05, 0.1) is 31.4 Å². The number of amides is 2. The number of hydrogen-bond donors (Lipinski definition) is 1. The summed E-state index contributed by atoms with van der Waals surface area (Å²) in [6.45, 7) is 3.10. The molecule has 0 aromatic heterocycles. The van der Waals surface area contributed by atoms with Crippen molar-refractivity contribution in [2.45, 2.75) is 13.0 Å². The highest BCUT2D eigenvalue weighted by atomic mass is 35.5. The number of primary amides is 1. The molecule has 1 aliphatic rings. The third-order valence-corrected chi connectivity index (χ3v) is 3.74. The van der Waals surface area contributed by atoms with E-state index < -0.39 is 5.91 Å². The van der Waals surface area contributed by atoms with Gasteiger partial charge in [-0.25, -0.2) is 0 Å². The predicted molar refractivity (Wildman–Crippen MR) is 84.0 cm³/mol. The van der Waals surface area contributed by atoms with Gasteiger partial charge in [0.15, 0.2) is 18.1 Å². The fourth-order valence-electron chi connectivity index (χ4n) is 2.32. The van der Waals surface area contributed by atoms with Gasteiger partial charge in [0.1, 0.15) is 0 Å². The molecule has 0 radical (unpaired) electrons. The van der Waals surface area contributed by atoms with Gasteiger partial charge in [-0.2, -0.15) is 0 Å². The van der Waals surface area contributed by atoms with Crippen LogP contribution in [0.4, 0.5) is 0 Å². The van der Waals surface area contributed by atoms with Crippen LogP contribution in [-0.4, -0.2) is 56.2 Å². The summed E-state index contributed by atoms with van der Waals surface area (Å²) < 4.78 is 15.8. The number of halogens is 1. The summed E-state index contributed by atoms with van der Waals surface area (Å²) in [6.07, 6.45) is 0. The molecule has 1 fully saturated rings. The average Bonchev–Trinajstić information content (AvgIpc) is 2.52. The number of rotatable bonds is 5. The third kappa shape index (κ3) is 4.05. The average molecular weight is 343 g/mol. The zero-order valence-electron chi connectivity index (χ0n) is 13.0. The largest absolute Gasteiger partial charge is 0.493 e. The van der Waals surface area contributed by atoms with Crippen molar-refractivity contribution in [3.05, 3.63) is 22.7 Å². The summed E-state index contributed by atoms with van der Waals surface area (Å²) in [6, 6.07) is 3.00. The third-order valence-electron chi connectivity index (χ3n) is 3.46. The molecule has 1 atom stereocenters. The number of nitrogens with zero attached hydrogens (tertiary/aromatic N) is 1. The molecule has 0 spiro atoms. The van der Waals surface area contributed by atoms with Crippen LogP contribution in [0.5, 0.6) is 11.5 Å². The van der Waals surface area contributed by atoms with Gasteiger partial charge in [0.25, 0.3) is 11.8 Å². The molecule has 7 nitrogen and oxygen atoms in total. The molecule has 1 aromatic rings. The van der Waals surface area contributed by atoms with E-state index in [2.05, 4.69) is 0 Å². The zero-order valence-corrected chi connectivity index (χ0v) is 13.8. The van der Waals surface area contributed by atoms with E-state index in [4.69, 9.17) is 31.5 Å². The van der Waals surface area contributed by atoms with Gasteiger partial charge >= 0.3 is 0 Å². The van der Waals surface area contributed by atoms with Crippen molar-refractivity contribution in [3.63, 3.8) is 0 Å². The van der Waals surface area contributed by atoms with Gasteiger partial charge in [-0.3, -0.25) is 9.59 Å². The SMILES string of the molecule is COc1cc(C(=O)N2CCOC[C@@H]2C)cc(Cl)c1OCC(N)=O. The Morgan fingerprint density at radius 1 is 1.48 bits per heavy atom. The van der Waals surface area contributed by atoms with Gasteiger partial charge in [0, 0.05) is 12.1 Å². The molecule has 126 valence electrons. The van der Waals surface area contributed by atoms with Crippen molar-refractivity contribution in [3.8, 4) is 11.5 Å². The Labute approximate surface area is 139 Å². The van der Waals surface area contributed by atoms with Gasteiger partial charge in [-0.05, 0) is 19.1 Å². The number of nitrogens with two attached hydrogens (primary N) is 1. The summed E-state index contributed by atoms with van der Waals surface area (Å²) in [5.41, 5.74) is 5.43. The molecule has 0 bridgehead atoms. The molecule has 0 saturated carbocycles. The standard InChI is InChI=1S/C15H19ClN2O5/c1-9-7-22-4-3-18(9)15(20)10-5-11(16)14(12(6-10)21-2)23-8-13(17)19/h5-6,9H,3-4,7-8H2,1-2H3,(H2,17,19)/t9-/m0/s1. The fourth-order valence-corrected chi connectivity index (χ4v) is 2.59. The predicted octanol–water partition coefficient (Wildman–Crippen LogP) is 1.07. The maximum absolute atomic E-state index is 12.6.